The van der Waals surface area contributed by atoms with Crippen molar-refractivity contribution in [2.45, 2.75) is 6.92 Å². The largest absolute Gasteiger partial charge is 0.282 e. The molecule has 2 aromatic heterocycles. The average Bonchev–Trinajstić information content (AvgIpc) is 3.12. The van der Waals surface area contributed by atoms with Crippen LogP contribution in [0.3, 0.4) is 0 Å². The smallest absolute Gasteiger partial charge is 0.267 e. The van der Waals surface area contributed by atoms with Crippen molar-refractivity contribution in [3.8, 4) is 0 Å². The minimum absolute atomic E-state index is 0.0466. The molecule has 23 heavy (non-hydrogen) atoms. The van der Waals surface area contributed by atoms with E-state index in [2.05, 4.69) is 16.6 Å². The Balaban J connectivity index is 1.95. The van der Waals surface area contributed by atoms with E-state index in [1.165, 1.54) is 11.8 Å². The first kappa shape index (κ1) is 15.7. The van der Waals surface area contributed by atoms with Gasteiger partial charge < -0.3 is 0 Å². The van der Waals surface area contributed by atoms with Gasteiger partial charge in [0.2, 0.25) is 0 Å². The third kappa shape index (κ3) is 3.60. The highest BCUT2D eigenvalue weighted by Gasteiger charge is 2.32. The normalized spacial score (nSPS) is 18.1. The summed E-state index contributed by atoms with van der Waals surface area (Å²) < 4.78 is 0. The Kier molecular flexibility index (Phi) is 4.73. The maximum atomic E-state index is 12.6. The van der Waals surface area contributed by atoms with Crippen LogP contribution >= 0.6 is 23.1 Å². The minimum atomic E-state index is -0.0466. The van der Waals surface area contributed by atoms with Crippen LogP contribution in [0.15, 0.2) is 58.3 Å². The number of rotatable bonds is 4. The first-order valence-corrected chi connectivity index (χ1v) is 8.75. The number of carbonyl (C=O) groups excluding carboxylic acids is 1. The second-order valence-corrected chi connectivity index (χ2v) is 6.85. The van der Waals surface area contributed by atoms with E-state index >= 15 is 0 Å². The molecule has 0 spiro atoms. The maximum Gasteiger partial charge on any atom is 0.267 e. The van der Waals surface area contributed by atoms with Crippen molar-refractivity contribution >= 4 is 46.1 Å². The third-order valence-electron chi connectivity index (χ3n) is 3.10. The molecular formula is C17H15N3OS2. The number of thioether (sulfide) groups is 1. The number of aromatic nitrogens is 1. The molecule has 0 radical (unpaired) electrons. The number of hydrogen-bond acceptors (Lipinski definition) is 5. The fraction of sp³-hybridized carbons (Fsp3) is 0.118. The molecule has 0 N–H and O–H groups in total. The van der Waals surface area contributed by atoms with Crippen molar-refractivity contribution in [2.75, 3.05) is 6.54 Å². The van der Waals surface area contributed by atoms with Gasteiger partial charge in [0.15, 0.2) is 11.0 Å². The summed E-state index contributed by atoms with van der Waals surface area (Å²) in [5, 5.41) is 2.62. The number of amides is 1. The predicted octanol–water partition coefficient (Wildman–Crippen LogP) is 4.24. The molecule has 0 saturated carbocycles. The number of carbonyl (C=O) groups is 1. The van der Waals surface area contributed by atoms with Gasteiger partial charge in [-0.1, -0.05) is 18.2 Å². The van der Waals surface area contributed by atoms with Crippen LogP contribution in [0.1, 0.15) is 10.6 Å². The molecule has 1 saturated heterocycles. The molecule has 116 valence electrons. The van der Waals surface area contributed by atoms with E-state index < -0.39 is 0 Å². The number of aryl methyl sites for hydroxylation is 1. The standard InChI is InChI=1S/C17H15N3OS2/c1-3-9-20-16(21)14(11-13-7-5-10-22-13)23-17(20)19-15-8-4-6-12(2)18-15/h3-8,10-11H,1,9H2,2H3/b14-11+,19-17+. The maximum absolute atomic E-state index is 12.6. The number of aliphatic imine (C=N–C) groups is 1. The lowest BCUT2D eigenvalue weighted by molar-refractivity contribution is -0.121. The molecule has 0 unspecified atom stereocenters. The van der Waals surface area contributed by atoms with E-state index in [0.717, 1.165) is 10.6 Å². The Labute approximate surface area is 143 Å². The van der Waals surface area contributed by atoms with Gasteiger partial charge in [0.1, 0.15) is 0 Å². The Morgan fingerprint density at radius 2 is 2.22 bits per heavy atom. The summed E-state index contributed by atoms with van der Waals surface area (Å²) in [6.45, 7) is 6.07. The van der Waals surface area contributed by atoms with Crippen LogP contribution in [0, 0.1) is 6.92 Å². The first-order valence-electron chi connectivity index (χ1n) is 7.05. The molecular weight excluding hydrogens is 326 g/mol. The van der Waals surface area contributed by atoms with Crippen LogP contribution < -0.4 is 0 Å². The number of pyridine rings is 1. The van der Waals surface area contributed by atoms with E-state index in [0.29, 0.717) is 22.4 Å². The quantitative estimate of drug-likeness (QED) is 0.617. The van der Waals surface area contributed by atoms with Crippen molar-refractivity contribution in [1.82, 2.24) is 9.88 Å². The molecule has 3 heterocycles. The van der Waals surface area contributed by atoms with Crippen molar-refractivity contribution in [2.24, 2.45) is 4.99 Å². The van der Waals surface area contributed by atoms with Gasteiger partial charge in [-0.25, -0.2) is 9.98 Å². The molecule has 1 fully saturated rings. The SMILES string of the molecule is C=CCN1C(=O)/C(=C\c2cccs2)S/C1=N/c1cccc(C)n1. The highest BCUT2D eigenvalue weighted by atomic mass is 32.2. The molecule has 4 nitrogen and oxygen atoms in total. The Morgan fingerprint density at radius 3 is 2.91 bits per heavy atom. The van der Waals surface area contributed by atoms with Crippen molar-refractivity contribution in [3.05, 3.63) is 63.8 Å². The lowest BCUT2D eigenvalue weighted by atomic mass is 10.3. The zero-order valence-electron chi connectivity index (χ0n) is 12.6. The number of hydrogen-bond donors (Lipinski definition) is 0. The number of amidine groups is 1. The molecule has 1 amide bonds. The molecule has 0 atom stereocenters. The van der Waals surface area contributed by atoms with E-state index in [-0.39, 0.29) is 5.91 Å². The Morgan fingerprint density at radius 1 is 1.35 bits per heavy atom. The van der Waals surface area contributed by atoms with Gasteiger partial charge in [0.05, 0.1) is 4.91 Å². The van der Waals surface area contributed by atoms with Gasteiger partial charge in [-0.15, -0.1) is 17.9 Å². The molecule has 1 aliphatic rings. The highest BCUT2D eigenvalue weighted by molar-refractivity contribution is 8.18. The van der Waals surface area contributed by atoms with Crippen LogP contribution in [0.5, 0.6) is 0 Å². The van der Waals surface area contributed by atoms with Crippen LogP contribution in [-0.2, 0) is 4.79 Å². The van der Waals surface area contributed by atoms with Crippen molar-refractivity contribution < 1.29 is 4.79 Å². The summed E-state index contributed by atoms with van der Waals surface area (Å²) in [4.78, 5) is 24.8. The third-order valence-corrected chi connectivity index (χ3v) is 4.93. The van der Waals surface area contributed by atoms with Gasteiger partial charge in [-0.2, -0.15) is 0 Å². The zero-order chi connectivity index (χ0) is 16.2. The molecule has 1 aliphatic heterocycles. The minimum Gasteiger partial charge on any atom is -0.282 e. The summed E-state index contributed by atoms with van der Waals surface area (Å²) in [6, 6.07) is 9.61. The second-order valence-electron chi connectivity index (χ2n) is 4.86. The number of nitrogens with zero attached hydrogens (tertiary/aromatic N) is 3. The van der Waals surface area contributed by atoms with Crippen LogP contribution in [0.25, 0.3) is 6.08 Å². The molecule has 0 aliphatic carbocycles. The molecule has 2 aromatic rings. The van der Waals surface area contributed by atoms with Gasteiger partial charge >= 0.3 is 0 Å². The topological polar surface area (TPSA) is 45.6 Å². The Bertz CT molecular complexity index is 794. The molecule has 0 aromatic carbocycles. The monoisotopic (exact) mass is 341 g/mol. The summed E-state index contributed by atoms with van der Waals surface area (Å²) in [5.41, 5.74) is 0.894. The number of thiophene rings is 1. The highest BCUT2D eigenvalue weighted by Crippen LogP contribution is 2.34. The molecule has 3 rings (SSSR count). The summed E-state index contributed by atoms with van der Waals surface area (Å²) in [7, 11) is 0. The van der Waals surface area contributed by atoms with Crippen molar-refractivity contribution in [1.29, 1.82) is 0 Å². The van der Waals surface area contributed by atoms with Crippen LogP contribution in [-0.4, -0.2) is 27.5 Å². The fourth-order valence-corrected chi connectivity index (χ4v) is 3.79. The Hall–Kier alpha value is -2.18. The van der Waals surface area contributed by atoms with E-state index in [9.17, 15) is 4.79 Å². The lowest BCUT2D eigenvalue weighted by Crippen LogP contribution is -2.29. The van der Waals surface area contributed by atoms with Crippen molar-refractivity contribution in [3.63, 3.8) is 0 Å². The first-order chi connectivity index (χ1) is 11.2. The van der Waals surface area contributed by atoms with Gasteiger partial charge in [0.25, 0.3) is 5.91 Å². The predicted molar refractivity (Wildman–Crippen MR) is 97.9 cm³/mol. The lowest BCUT2D eigenvalue weighted by Gasteiger charge is -2.12. The van der Waals surface area contributed by atoms with Gasteiger partial charge in [-0.3, -0.25) is 9.69 Å². The van der Waals surface area contributed by atoms with Gasteiger partial charge in [0, 0.05) is 17.1 Å². The fourth-order valence-electron chi connectivity index (χ4n) is 2.07. The van der Waals surface area contributed by atoms with E-state index in [1.807, 2.05) is 48.7 Å². The van der Waals surface area contributed by atoms with Crippen LogP contribution in [0.4, 0.5) is 5.82 Å². The summed E-state index contributed by atoms with van der Waals surface area (Å²) >= 11 is 2.97. The molecule has 6 heteroatoms. The van der Waals surface area contributed by atoms with Gasteiger partial charge in [-0.05, 0) is 48.3 Å². The van der Waals surface area contributed by atoms with E-state index in [4.69, 9.17) is 0 Å². The van der Waals surface area contributed by atoms with E-state index in [1.54, 1.807) is 22.3 Å². The zero-order valence-corrected chi connectivity index (χ0v) is 14.2. The molecule has 0 bridgehead atoms. The summed E-state index contributed by atoms with van der Waals surface area (Å²) in [6.07, 6.45) is 3.60. The summed E-state index contributed by atoms with van der Waals surface area (Å²) in [5.74, 6) is 0.557. The second kappa shape index (κ2) is 6.93. The average molecular weight is 341 g/mol. The van der Waals surface area contributed by atoms with Crippen LogP contribution in [0.2, 0.25) is 0 Å².